The number of hydrogen-bond donors (Lipinski definition) is 1. The Labute approximate surface area is 585 Å². The number of rotatable bonds is 77. The number of phosphoric acid groups is 1. The van der Waals surface area contributed by atoms with Crippen molar-refractivity contribution in [3.8, 4) is 0 Å². The monoisotopic (exact) mass is 1340 g/mol. The van der Waals surface area contributed by atoms with Crippen LogP contribution in [0.3, 0.4) is 0 Å². The Morgan fingerprint density at radius 3 is 0.851 bits per heavy atom. The predicted molar refractivity (Wildman–Crippen MR) is 409 cm³/mol. The summed E-state index contributed by atoms with van der Waals surface area (Å²) >= 11 is 0. The van der Waals surface area contributed by atoms with Crippen molar-refractivity contribution >= 4 is 19.8 Å². The summed E-state index contributed by atoms with van der Waals surface area (Å²) in [7, 11) is 1.50. The Morgan fingerprint density at radius 1 is 0.330 bits per heavy atom. The molecule has 0 radical (unpaired) electrons. The van der Waals surface area contributed by atoms with Crippen LogP contribution < -0.4 is 0 Å². The highest BCUT2D eigenvalue weighted by molar-refractivity contribution is 7.47. The van der Waals surface area contributed by atoms with Crippen LogP contribution in [0.15, 0.2) is 60.8 Å². The Kier molecular flexibility index (Phi) is 73.1. The molecule has 0 amide bonds. The van der Waals surface area contributed by atoms with Gasteiger partial charge in [0.15, 0.2) is 6.10 Å². The molecule has 0 aliphatic carbocycles. The Morgan fingerprint density at radius 2 is 0.574 bits per heavy atom. The lowest BCUT2D eigenvalue weighted by Crippen LogP contribution is -2.37. The molecule has 2 unspecified atom stereocenters. The second kappa shape index (κ2) is 74.9. The van der Waals surface area contributed by atoms with Gasteiger partial charge in [-0.3, -0.25) is 18.6 Å². The largest absolute Gasteiger partial charge is 0.472 e. The van der Waals surface area contributed by atoms with Crippen LogP contribution >= 0.6 is 7.82 Å². The predicted octanol–water partition coefficient (Wildman–Crippen LogP) is 27.3. The zero-order valence-electron chi connectivity index (χ0n) is 63.2. The van der Waals surface area contributed by atoms with Crippen molar-refractivity contribution in [2.45, 2.75) is 418 Å². The molecular weight excluding hydrogens is 1180 g/mol. The second-order valence-electron chi connectivity index (χ2n) is 29.2. The molecule has 0 aromatic heterocycles. The molecule has 0 fully saturated rings. The number of hydrogen-bond acceptors (Lipinski definition) is 7. The van der Waals surface area contributed by atoms with E-state index in [-0.39, 0.29) is 25.6 Å². The second-order valence-corrected chi connectivity index (χ2v) is 30.6. The molecule has 0 aromatic carbocycles. The normalized spacial score (nSPS) is 13.3. The first kappa shape index (κ1) is 91.7. The van der Waals surface area contributed by atoms with Crippen LogP contribution in [0.5, 0.6) is 0 Å². The van der Waals surface area contributed by atoms with Gasteiger partial charge in [0.1, 0.15) is 19.8 Å². The maximum atomic E-state index is 12.9. The summed E-state index contributed by atoms with van der Waals surface area (Å²) < 4.78 is 34.8. The fraction of sp³-hybridized carbons (Fsp3) is 0.857. The average molecular weight is 1340 g/mol. The summed E-state index contributed by atoms with van der Waals surface area (Å²) in [6.45, 7) is 4.48. The van der Waals surface area contributed by atoms with Crippen molar-refractivity contribution in [3.05, 3.63) is 60.8 Å². The van der Waals surface area contributed by atoms with Crippen LogP contribution in [0.25, 0.3) is 0 Å². The van der Waals surface area contributed by atoms with Crippen LogP contribution in [0.2, 0.25) is 0 Å². The molecule has 2 atom stereocenters. The van der Waals surface area contributed by atoms with E-state index in [1.54, 1.807) is 0 Å². The quantitative estimate of drug-likeness (QED) is 0.0211. The third-order valence-electron chi connectivity index (χ3n) is 18.5. The minimum atomic E-state index is -4.39. The summed E-state index contributed by atoms with van der Waals surface area (Å²) in [5, 5.41) is 0. The fourth-order valence-corrected chi connectivity index (χ4v) is 13.0. The summed E-state index contributed by atoms with van der Waals surface area (Å²) in [5.41, 5.74) is 0. The van der Waals surface area contributed by atoms with Gasteiger partial charge in [-0.25, -0.2) is 4.57 Å². The first-order valence-electron chi connectivity index (χ1n) is 41.0. The van der Waals surface area contributed by atoms with E-state index in [0.717, 1.165) is 51.4 Å². The van der Waals surface area contributed by atoms with Crippen LogP contribution in [-0.2, 0) is 32.7 Å². The molecule has 0 aliphatic heterocycles. The molecule has 0 rings (SSSR count). The number of quaternary nitrogens is 1. The van der Waals surface area contributed by atoms with E-state index in [2.05, 4.69) is 74.6 Å². The molecule has 0 saturated heterocycles. The maximum Gasteiger partial charge on any atom is 0.472 e. The van der Waals surface area contributed by atoms with E-state index >= 15 is 0 Å². The molecule has 0 aliphatic rings. The summed E-state index contributed by atoms with van der Waals surface area (Å²) in [6.07, 6.45) is 101. The van der Waals surface area contributed by atoms with Crippen molar-refractivity contribution in [1.82, 2.24) is 0 Å². The van der Waals surface area contributed by atoms with E-state index in [1.807, 2.05) is 21.1 Å². The van der Waals surface area contributed by atoms with Gasteiger partial charge >= 0.3 is 19.8 Å². The highest BCUT2D eigenvalue weighted by Gasteiger charge is 2.27. The summed E-state index contributed by atoms with van der Waals surface area (Å²) in [5.74, 6) is -0.774. The van der Waals surface area contributed by atoms with Gasteiger partial charge < -0.3 is 18.9 Å². The highest BCUT2D eigenvalue weighted by atomic mass is 31.2. The molecule has 94 heavy (non-hydrogen) atoms. The van der Waals surface area contributed by atoms with E-state index in [9.17, 15) is 19.0 Å². The molecule has 0 saturated carbocycles. The van der Waals surface area contributed by atoms with Gasteiger partial charge in [-0.2, -0.15) is 0 Å². The number of nitrogens with zero attached hydrogens (tertiary/aromatic N) is 1. The molecule has 0 bridgehead atoms. The topological polar surface area (TPSA) is 108 Å². The third kappa shape index (κ3) is 78.7. The van der Waals surface area contributed by atoms with E-state index in [1.165, 1.54) is 327 Å². The van der Waals surface area contributed by atoms with Crippen molar-refractivity contribution in [2.24, 2.45) is 0 Å². The molecule has 1 N–H and O–H groups in total. The van der Waals surface area contributed by atoms with Crippen LogP contribution in [-0.4, -0.2) is 74.9 Å². The molecular formula is C84H159NO8P+. The fourth-order valence-electron chi connectivity index (χ4n) is 12.2. The lowest BCUT2D eigenvalue weighted by atomic mass is 10.0. The average Bonchev–Trinajstić information content (AvgIpc) is 1.57. The first-order chi connectivity index (χ1) is 46.0. The first-order valence-corrected chi connectivity index (χ1v) is 42.5. The number of carbonyl (C=O) groups excluding carboxylic acids is 2. The molecule has 0 aromatic rings. The SMILES string of the molecule is CCCCCCC/C=C\C/C=C\C/C=C\CCCCCCCCCCCCCCCCCCCCCCCCCCCCC(=O)OC(COC(=O)CCCCCCCCCCCCCCCCCCC/C=C\C/C=C\CCCCCCC)COP(=O)(O)OCC[N+](C)(C)C. The number of carbonyl (C=O) groups is 2. The number of ether oxygens (including phenoxy) is 2. The van der Waals surface area contributed by atoms with Crippen molar-refractivity contribution in [3.63, 3.8) is 0 Å². The van der Waals surface area contributed by atoms with E-state index in [0.29, 0.717) is 23.9 Å². The standard InChI is InChI=1S/C84H158NO8P/c1-6-8-10-12-14-16-18-20-22-24-26-28-30-32-34-36-37-38-39-40-41-42-43-44-45-46-47-49-51-53-55-57-59-61-63-65-67-69-71-73-75-77-84(87)93-82(81-92-94(88,89)91-79-78-85(3,4)5)80-90-83(86)76-74-72-70-68-66-64-62-60-58-56-54-52-50-48-35-33-31-29-27-25-23-21-19-17-15-13-11-9-7-2/h18-21,24-27,30,32,82H,6-17,22-23,28-29,31,33-81H2,1-5H3/p+1/b20-18-,21-19-,26-24-,27-25-,32-30-. The lowest BCUT2D eigenvalue weighted by molar-refractivity contribution is -0.870. The van der Waals surface area contributed by atoms with Crippen molar-refractivity contribution < 1.29 is 42.1 Å². The minimum absolute atomic E-state index is 0.0340. The van der Waals surface area contributed by atoms with Gasteiger partial charge in [0.2, 0.25) is 0 Å². The molecule has 9 nitrogen and oxygen atoms in total. The van der Waals surface area contributed by atoms with Crippen LogP contribution in [0.1, 0.15) is 412 Å². The zero-order valence-corrected chi connectivity index (χ0v) is 64.1. The molecule has 552 valence electrons. The van der Waals surface area contributed by atoms with Gasteiger partial charge in [0, 0.05) is 12.8 Å². The number of likely N-dealkylation sites (N-methyl/N-ethyl adjacent to an activating group) is 1. The number of allylic oxidation sites excluding steroid dienone is 10. The van der Waals surface area contributed by atoms with Gasteiger partial charge in [-0.05, 0) is 83.5 Å². The Hall–Kier alpha value is -2.29. The van der Waals surface area contributed by atoms with E-state index < -0.39 is 26.5 Å². The number of esters is 2. The third-order valence-corrected chi connectivity index (χ3v) is 19.5. The molecule has 0 spiro atoms. The molecule has 10 heteroatoms. The minimum Gasteiger partial charge on any atom is -0.462 e. The summed E-state index contributed by atoms with van der Waals surface area (Å²) in [6, 6.07) is 0. The van der Waals surface area contributed by atoms with Gasteiger partial charge in [0.05, 0.1) is 27.7 Å². The number of phosphoric ester groups is 1. The van der Waals surface area contributed by atoms with Crippen LogP contribution in [0.4, 0.5) is 0 Å². The van der Waals surface area contributed by atoms with Gasteiger partial charge in [-0.15, -0.1) is 0 Å². The Balaban J connectivity index is 3.89. The lowest BCUT2D eigenvalue weighted by Gasteiger charge is -2.24. The maximum absolute atomic E-state index is 12.9. The van der Waals surface area contributed by atoms with Gasteiger partial charge in [0.25, 0.3) is 0 Å². The van der Waals surface area contributed by atoms with Crippen molar-refractivity contribution in [2.75, 3.05) is 47.5 Å². The van der Waals surface area contributed by atoms with E-state index in [4.69, 9.17) is 18.5 Å². The highest BCUT2D eigenvalue weighted by Crippen LogP contribution is 2.43. The van der Waals surface area contributed by atoms with Crippen LogP contribution in [0, 0.1) is 0 Å². The summed E-state index contributed by atoms with van der Waals surface area (Å²) in [4.78, 5) is 36.0. The smallest absolute Gasteiger partial charge is 0.462 e. The zero-order chi connectivity index (χ0) is 68.3. The van der Waals surface area contributed by atoms with Gasteiger partial charge in [-0.1, -0.05) is 376 Å². The van der Waals surface area contributed by atoms with Crippen molar-refractivity contribution in [1.29, 1.82) is 0 Å². The number of unbranched alkanes of at least 4 members (excludes halogenated alkanes) is 53. The Bertz CT molecular complexity index is 1770. The molecule has 0 heterocycles.